The van der Waals surface area contributed by atoms with E-state index in [0.717, 1.165) is 0 Å². The summed E-state index contributed by atoms with van der Waals surface area (Å²) in [6.07, 6.45) is 3.56. The number of carbonyl (C=O) groups excluding carboxylic acids is 2. The van der Waals surface area contributed by atoms with Crippen molar-refractivity contribution in [3.05, 3.63) is 71.5 Å². The fourth-order valence-corrected chi connectivity index (χ4v) is 4.64. The molecule has 0 bridgehead atoms. The number of carbonyl (C=O) groups is 2. The van der Waals surface area contributed by atoms with Crippen molar-refractivity contribution in [3.8, 4) is 11.1 Å². The summed E-state index contributed by atoms with van der Waals surface area (Å²) < 4.78 is 36.7. The maximum Gasteiger partial charge on any atom is 0.418 e. The molecule has 1 amide bonds. The molecule has 0 saturated carbocycles. The third-order valence-electron chi connectivity index (χ3n) is 4.88. The van der Waals surface area contributed by atoms with Crippen molar-refractivity contribution in [1.82, 2.24) is 9.47 Å². The van der Waals surface area contributed by atoms with Gasteiger partial charge in [0.1, 0.15) is 11.9 Å². The molecule has 1 heterocycles. The lowest BCUT2D eigenvalue weighted by Crippen LogP contribution is -2.26. The van der Waals surface area contributed by atoms with Crippen LogP contribution in [0, 0.1) is 0 Å². The van der Waals surface area contributed by atoms with Crippen molar-refractivity contribution in [1.29, 1.82) is 0 Å². The Morgan fingerprint density at radius 3 is 2.49 bits per heavy atom. The van der Waals surface area contributed by atoms with Crippen LogP contribution in [0.4, 0.5) is 10.5 Å². The molecule has 0 fully saturated rings. The van der Waals surface area contributed by atoms with Crippen LogP contribution in [0.1, 0.15) is 26.3 Å². The molecule has 9 nitrogen and oxygen atoms in total. The lowest BCUT2D eigenvalue weighted by molar-refractivity contribution is -0.115. The van der Waals surface area contributed by atoms with Gasteiger partial charge in [-0.25, -0.2) is 4.79 Å². The molecule has 3 aromatic rings. The summed E-state index contributed by atoms with van der Waals surface area (Å²) in [7, 11) is -0.878. The molecule has 1 aromatic heterocycles. The summed E-state index contributed by atoms with van der Waals surface area (Å²) in [5.41, 5.74) is 0.984. The topological polar surface area (TPSA) is 110 Å². The van der Waals surface area contributed by atoms with Gasteiger partial charge in [0.05, 0.1) is 11.3 Å². The first-order valence-corrected chi connectivity index (χ1v) is 13.1. The normalized spacial score (nSPS) is 11.9. The van der Waals surface area contributed by atoms with Gasteiger partial charge in [-0.2, -0.15) is 8.42 Å². The molecule has 0 spiro atoms. The van der Waals surface area contributed by atoms with E-state index in [1.165, 1.54) is 34.3 Å². The van der Waals surface area contributed by atoms with Crippen LogP contribution in [0.3, 0.4) is 0 Å². The van der Waals surface area contributed by atoms with Crippen molar-refractivity contribution in [2.45, 2.75) is 37.7 Å². The molecule has 37 heavy (non-hydrogen) atoms. The van der Waals surface area contributed by atoms with Gasteiger partial charge in [-0.3, -0.25) is 9.36 Å². The van der Waals surface area contributed by atoms with Crippen molar-refractivity contribution in [2.75, 3.05) is 19.4 Å². The molecule has 0 radical (unpaired) electrons. The number of anilines is 1. The fourth-order valence-electron chi connectivity index (χ4n) is 3.27. The van der Waals surface area contributed by atoms with Crippen LogP contribution in [0.15, 0.2) is 70.2 Å². The van der Waals surface area contributed by atoms with Crippen LogP contribution in [-0.4, -0.2) is 55.9 Å². The highest BCUT2D eigenvalue weighted by Crippen LogP contribution is 2.32. The van der Waals surface area contributed by atoms with Crippen LogP contribution >= 0.6 is 11.6 Å². The Morgan fingerprint density at radius 1 is 1.14 bits per heavy atom. The van der Waals surface area contributed by atoms with E-state index in [1.54, 1.807) is 77.3 Å². The van der Waals surface area contributed by atoms with Gasteiger partial charge in [0, 0.05) is 48.3 Å². The number of nitrogens with one attached hydrogen (secondary N) is 1. The first-order chi connectivity index (χ1) is 17.2. The number of halogens is 1. The van der Waals surface area contributed by atoms with Crippen LogP contribution < -0.4 is 5.32 Å². The van der Waals surface area contributed by atoms with Gasteiger partial charge >= 0.3 is 6.09 Å². The number of rotatable bonds is 7. The minimum absolute atomic E-state index is 0.0149. The Hall–Kier alpha value is -3.63. The van der Waals surface area contributed by atoms with Crippen LogP contribution in [0.2, 0.25) is 5.02 Å². The third-order valence-corrected chi connectivity index (χ3v) is 6.51. The molecule has 0 unspecified atom stereocenters. The van der Waals surface area contributed by atoms with E-state index in [-0.39, 0.29) is 22.9 Å². The molecule has 0 aliphatic carbocycles. The van der Waals surface area contributed by atoms with E-state index < -0.39 is 21.7 Å². The highest BCUT2D eigenvalue weighted by molar-refractivity contribution is 7.90. The molecule has 2 aromatic carbocycles. The maximum absolute atomic E-state index is 13.2. The van der Waals surface area contributed by atoms with E-state index in [0.29, 0.717) is 21.7 Å². The van der Waals surface area contributed by atoms with Crippen molar-refractivity contribution in [2.24, 2.45) is 4.40 Å². The van der Waals surface area contributed by atoms with E-state index in [9.17, 15) is 18.0 Å². The summed E-state index contributed by atoms with van der Waals surface area (Å²) >= 11 is 6.15. The molecule has 0 aliphatic heterocycles. The minimum Gasteiger partial charge on any atom is -0.443 e. The highest BCUT2D eigenvalue weighted by atomic mass is 35.5. The smallest absolute Gasteiger partial charge is 0.418 e. The van der Waals surface area contributed by atoms with Gasteiger partial charge in [0.25, 0.3) is 10.0 Å². The predicted octanol–water partition coefficient (Wildman–Crippen LogP) is 5.05. The molecule has 1 N–H and O–H groups in total. The predicted molar refractivity (Wildman–Crippen MR) is 145 cm³/mol. The fraction of sp³-hybridized carbons (Fsp3) is 0.269. The van der Waals surface area contributed by atoms with E-state index in [2.05, 4.69) is 9.71 Å². The molecule has 11 heteroatoms. The molecular formula is C26H29ClN4O5S. The maximum atomic E-state index is 13.2. The lowest BCUT2D eigenvalue weighted by atomic mass is 10.1. The minimum atomic E-state index is -4.17. The Morgan fingerprint density at radius 2 is 1.84 bits per heavy atom. The molecule has 0 atom stereocenters. The molecule has 0 saturated heterocycles. The van der Waals surface area contributed by atoms with Crippen molar-refractivity contribution < 1.29 is 22.7 Å². The number of nitrogens with zero attached hydrogens (tertiary/aromatic N) is 3. The van der Waals surface area contributed by atoms with Gasteiger partial charge in [0.15, 0.2) is 0 Å². The summed E-state index contributed by atoms with van der Waals surface area (Å²) in [5, 5.41) is 3.18. The summed E-state index contributed by atoms with van der Waals surface area (Å²) in [6.45, 7) is 5.25. The molecule has 0 aliphatic rings. The van der Waals surface area contributed by atoms with Gasteiger partial charge < -0.3 is 15.0 Å². The second-order valence-corrected chi connectivity index (χ2v) is 11.5. The van der Waals surface area contributed by atoms with Crippen LogP contribution in [0.25, 0.3) is 11.1 Å². The molecule has 3 rings (SSSR count). The Bertz CT molecular complexity index is 1440. The van der Waals surface area contributed by atoms with Gasteiger partial charge in [0.2, 0.25) is 5.91 Å². The Kier molecular flexibility index (Phi) is 8.45. The Balaban J connectivity index is 1.98. The number of amides is 1. The quantitative estimate of drug-likeness (QED) is 0.329. The molecular weight excluding hydrogens is 516 g/mol. The zero-order chi connectivity index (χ0) is 27.4. The van der Waals surface area contributed by atoms with Crippen molar-refractivity contribution >= 4 is 45.7 Å². The highest BCUT2D eigenvalue weighted by Gasteiger charge is 2.23. The number of aromatic nitrogens is 1. The second-order valence-electron chi connectivity index (χ2n) is 9.47. The van der Waals surface area contributed by atoms with E-state index in [1.807, 2.05) is 0 Å². The standard InChI is InChI=1S/C26H29ClN4O5S/c1-26(2,3)36-25(33)31-13-12-19(16-31)21-11-10-20(15-23(21)37(34,35)28-17-30(4)5)29-24(32)14-18-8-6-7-9-22(18)27/h6-13,15-17H,14H2,1-5H3,(H,29,32). The number of sulfonamides is 1. The summed E-state index contributed by atoms with van der Waals surface area (Å²) in [5.74, 6) is -0.364. The van der Waals surface area contributed by atoms with Crippen molar-refractivity contribution in [3.63, 3.8) is 0 Å². The average molecular weight is 545 g/mol. The monoisotopic (exact) mass is 544 g/mol. The van der Waals surface area contributed by atoms with E-state index in [4.69, 9.17) is 16.3 Å². The average Bonchev–Trinajstić information content (AvgIpc) is 3.29. The van der Waals surface area contributed by atoms with Gasteiger partial charge in [-0.1, -0.05) is 35.9 Å². The number of hydrogen-bond acceptors (Lipinski definition) is 5. The zero-order valence-electron chi connectivity index (χ0n) is 21.2. The van der Waals surface area contributed by atoms with Gasteiger partial charge in [-0.05, 0) is 50.6 Å². The van der Waals surface area contributed by atoms with Gasteiger partial charge in [-0.15, -0.1) is 4.40 Å². The molecule has 196 valence electrons. The first kappa shape index (κ1) is 27.9. The first-order valence-electron chi connectivity index (χ1n) is 11.3. The Labute approximate surface area is 221 Å². The van der Waals surface area contributed by atoms with Crippen LogP contribution in [0.5, 0.6) is 0 Å². The lowest BCUT2D eigenvalue weighted by Gasteiger charge is -2.19. The SMILES string of the molecule is CN(C)C=NS(=O)(=O)c1cc(NC(=O)Cc2ccccc2Cl)ccc1-c1ccn(C(=O)OC(C)(C)C)c1. The van der Waals surface area contributed by atoms with E-state index >= 15 is 0 Å². The number of hydrogen-bond donors (Lipinski definition) is 1. The second kappa shape index (κ2) is 11.2. The van der Waals surface area contributed by atoms with Crippen LogP contribution in [-0.2, 0) is 26.0 Å². The summed E-state index contributed by atoms with van der Waals surface area (Å²) in [4.78, 5) is 26.5. The third kappa shape index (κ3) is 7.68. The number of ether oxygens (including phenoxy) is 1. The summed E-state index contributed by atoms with van der Waals surface area (Å²) in [6, 6.07) is 13.1. The largest absolute Gasteiger partial charge is 0.443 e. The zero-order valence-corrected chi connectivity index (χ0v) is 22.8. The number of benzene rings is 2.